The summed E-state index contributed by atoms with van der Waals surface area (Å²) in [5, 5.41) is 1.59. The largest absolute Gasteiger partial charge is 0.302 e. The predicted molar refractivity (Wildman–Crippen MR) is 47.3 cm³/mol. The minimum Gasteiger partial charge on any atom is -0.210 e. The minimum atomic E-state index is -3.80. The van der Waals surface area contributed by atoms with Crippen LogP contribution in [-0.4, -0.2) is 14.5 Å². The Morgan fingerprint density at radius 2 is 2.25 bits per heavy atom. The quantitative estimate of drug-likeness (QED) is 0.603. The van der Waals surface area contributed by atoms with E-state index >= 15 is 0 Å². The highest BCUT2D eigenvalue weighted by molar-refractivity contribution is 9.10. The molecule has 1 aromatic heterocycles. The van der Waals surface area contributed by atoms with Gasteiger partial charge in [-0.1, -0.05) is 4.40 Å². The second-order valence-corrected chi connectivity index (χ2v) is 5.40. The van der Waals surface area contributed by atoms with E-state index in [9.17, 15) is 13.2 Å². The van der Waals surface area contributed by atoms with Gasteiger partial charge in [-0.3, -0.25) is 0 Å². The Morgan fingerprint density at radius 1 is 1.58 bits per heavy atom. The van der Waals surface area contributed by atoms with Gasteiger partial charge in [0, 0.05) is 9.85 Å². The zero-order chi connectivity index (χ0) is 9.19. The first-order valence-corrected chi connectivity index (χ1v) is 5.76. The van der Waals surface area contributed by atoms with Crippen LogP contribution in [0.1, 0.15) is 0 Å². The summed E-state index contributed by atoms with van der Waals surface area (Å²) in [6.07, 6.45) is 0.994. The summed E-state index contributed by atoms with van der Waals surface area (Å²) in [7, 11) is -3.80. The van der Waals surface area contributed by atoms with Crippen molar-refractivity contribution >= 4 is 43.4 Å². The first kappa shape index (κ1) is 9.60. The highest BCUT2D eigenvalue weighted by Gasteiger charge is 2.14. The SMILES string of the molecule is O=C=NS(=O)(=O)c1cc(Br)cs1. The average Bonchev–Trinajstić information content (AvgIpc) is 2.36. The summed E-state index contributed by atoms with van der Waals surface area (Å²) >= 11 is 4.07. The van der Waals surface area contributed by atoms with Gasteiger partial charge in [-0.25, -0.2) is 4.79 Å². The lowest BCUT2D eigenvalue weighted by Gasteiger charge is -1.86. The molecule has 0 unspecified atom stereocenters. The fourth-order valence-corrected chi connectivity index (χ4v) is 3.03. The average molecular weight is 268 g/mol. The van der Waals surface area contributed by atoms with Crippen LogP contribution in [0, 0.1) is 0 Å². The summed E-state index contributed by atoms with van der Waals surface area (Å²) in [4.78, 5) is 9.72. The smallest absolute Gasteiger partial charge is 0.210 e. The number of halogens is 1. The highest BCUT2D eigenvalue weighted by Crippen LogP contribution is 2.25. The highest BCUT2D eigenvalue weighted by atomic mass is 79.9. The molecule has 0 atom stereocenters. The van der Waals surface area contributed by atoms with Gasteiger partial charge in [0.2, 0.25) is 0 Å². The van der Waals surface area contributed by atoms with Crippen LogP contribution < -0.4 is 0 Å². The zero-order valence-electron chi connectivity index (χ0n) is 5.52. The number of nitrogens with zero attached hydrogens (tertiary/aromatic N) is 1. The minimum absolute atomic E-state index is 0.0257. The molecule has 0 N–H and O–H groups in total. The topological polar surface area (TPSA) is 63.6 Å². The van der Waals surface area contributed by atoms with Crippen LogP contribution in [0.15, 0.2) is 24.5 Å². The molecule has 12 heavy (non-hydrogen) atoms. The van der Waals surface area contributed by atoms with Crippen LogP contribution in [-0.2, 0) is 14.8 Å². The number of sulfonamides is 1. The van der Waals surface area contributed by atoms with E-state index in [4.69, 9.17) is 0 Å². The predicted octanol–water partition coefficient (Wildman–Crippen LogP) is 1.54. The summed E-state index contributed by atoms with van der Waals surface area (Å²) < 4.78 is 25.4. The lowest BCUT2D eigenvalue weighted by molar-refractivity contribution is 0.564. The van der Waals surface area contributed by atoms with Gasteiger partial charge in [-0.2, -0.15) is 8.42 Å². The van der Waals surface area contributed by atoms with Crippen LogP contribution in [0.25, 0.3) is 0 Å². The van der Waals surface area contributed by atoms with Crippen LogP contribution in [0.4, 0.5) is 0 Å². The van der Waals surface area contributed by atoms with E-state index in [0.29, 0.717) is 4.47 Å². The van der Waals surface area contributed by atoms with Crippen molar-refractivity contribution in [1.82, 2.24) is 0 Å². The van der Waals surface area contributed by atoms with Crippen molar-refractivity contribution in [2.24, 2.45) is 4.40 Å². The first-order chi connectivity index (χ1) is 5.56. The van der Waals surface area contributed by atoms with Gasteiger partial charge < -0.3 is 0 Å². The Balaban J connectivity index is 3.23. The molecule has 0 radical (unpaired) electrons. The Labute approximate surface area is 81.1 Å². The summed E-state index contributed by atoms with van der Waals surface area (Å²) in [5.74, 6) is 0. The zero-order valence-corrected chi connectivity index (χ0v) is 8.74. The maximum atomic E-state index is 11.0. The van der Waals surface area contributed by atoms with Crippen molar-refractivity contribution in [3.05, 3.63) is 15.9 Å². The molecule has 0 bridgehead atoms. The molecule has 4 nitrogen and oxygen atoms in total. The standard InChI is InChI=1S/C5H2BrNO3S2/c6-4-1-5(11-2-4)12(9,10)7-3-8/h1-2H. The molecule has 0 aliphatic carbocycles. The normalized spacial score (nSPS) is 10.8. The van der Waals surface area contributed by atoms with E-state index in [-0.39, 0.29) is 4.21 Å². The second-order valence-electron chi connectivity index (χ2n) is 1.74. The third-order valence-corrected chi connectivity index (χ3v) is 4.30. The Hall–Kier alpha value is -0.490. The van der Waals surface area contributed by atoms with Gasteiger partial charge in [0.05, 0.1) is 0 Å². The molecule has 0 saturated carbocycles. The first-order valence-electron chi connectivity index (χ1n) is 2.64. The van der Waals surface area contributed by atoms with E-state index in [2.05, 4.69) is 20.3 Å². The number of carbonyl (C=O) groups excluding carboxylic acids is 1. The van der Waals surface area contributed by atoms with E-state index in [0.717, 1.165) is 17.4 Å². The fraction of sp³-hybridized carbons (Fsp3) is 0. The molecule has 7 heteroatoms. The van der Waals surface area contributed by atoms with E-state index in [1.807, 2.05) is 0 Å². The lowest BCUT2D eigenvalue weighted by atomic mass is 10.7. The molecule has 0 aromatic carbocycles. The van der Waals surface area contributed by atoms with Crippen LogP contribution in [0.5, 0.6) is 0 Å². The maximum absolute atomic E-state index is 11.0. The maximum Gasteiger partial charge on any atom is 0.302 e. The van der Waals surface area contributed by atoms with Crippen LogP contribution in [0.2, 0.25) is 0 Å². The Kier molecular flexibility index (Phi) is 2.79. The number of thiophene rings is 1. The fourth-order valence-electron chi connectivity index (χ4n) is 0.524. The Morgan fingerprint density at radius 3 is 2.67 bits per heavy atom. The molecule has 1 aromatic rings. The molecule has 0 amide bonds. The molecular formula is C5H2BrNO3S2. The van der Waals surface area contributed by atoms with Crippen LogP contribution in [0.3, 0.4) is 0 Å². The third kappa shape index (κ3) is 2.01. The van der Waals surface area contributed by atoms with Crippen molar-refractivity contribution in [1.29, 1.82) is 0 Å². The van der Waals surface area contributed by atoms with Crippen molar-refractivity contribution in [3.63, 3.8) is 0 Å². The molecule has 0 aliphatic heterocycles. The number of hydrogen-bond donors (Lipinski definition) is 0. The van der Waals surface area contributed by atoms with Crippen LogP contribution >= 0.6 is 27.3 Å². The summed E-state index contributed by atoms with van der Waals surface area (Å²) in [6.45, 7) is 0. The molecule has 1 rings (SSSR count). The molecule has 0 aliphatic rings. The molecule has 0 fully saturated rings. The molecule has 64 valence electrons. The van der Waals surface area contributed by atoms with E-state index in [1.165, 1.54) is 6.07 Å². The summed E-state index contributed by atoms with van der Waals surface area (Å²) in [6, 6.07) is 1.38. The van der Waals surface area contributed by atoms with E-state index < -0.39 is 10.0 Å². The second kappa shape index (κ2) is 3.49. The molecular weight excluding hydrogens is 266 g/mol. The Bertz CT molecular complexity index is 429. The third-order valence-electron chi connectivity index (χ3n) is 0.955. The van der Waals surface area contributed by atoms with Crippen molar-refractivity contribution in [2.45, 2.75) is 4.21 Å². The number of hydrogen-bond acceptors (Lipinski definition) is 4. The van der Waals surface area contributed by atoms with Gasteiger partial charge in [-0.05, 0) is 22.0 Å². The van der Waals surface area contributed by atoms with Crippen molar-refractivity contribution in [3.8, 4) is 0 Å². The van der Waals surface area contributed by atoms with Gasteiger partial charge >= 0.3 is 10.0 Å². The van der Waals surface area contributed by atoms with Crippen molar-refractivity contribution in [2.75, 3.05) is 0 Å². The number of rotatable bonds is 2. The van der Waals surface area contributed by atoms with Gasteiger partial charge in [0.1, 0.15) is 4.21 Å². The monoisotopic (exact) mass is 267 g/mol. The molecule has 0 saturated heterocycles. The van der Waals surface area contributed by atoms with Gasteiger partial charge in [-0.15, -0.1) is 11.3 Å². The summed E-state index contributed by atoms with van der Waals surface area (Å²) in [5.41, 5.74) is 0. The lowest BCUT2D eigenvalue weighted by Crippen LogP contribution is -1.91. The van der Waals surface area contributed by atoms with Gasteiger partial charge in [0.25, 0.3) is 6.08 Å². The van der Waals surface area contributed by atoms with Crippen molar-refractivity contribution < 1.29 is 13.2 Å². The number of isocyanates is 1. The van der Waals surface area contributed by atoms with E-state index in [1.54, 1.807) is 5.38 Å². The molecule has 0 spiro atoms. The van der Waals surface area contributed by atoms with Gasteiger partial charge in [0.15, 0.2) is 0 Å². The molecule has 1 heterocycles.